The third-order valence-corrected chi connectivity index (χ3v) is 12.7. The van der Waals surface area contributed by atoms with Gasteiger partial charge in [-0.25, -0.2) is 0 Å². The van der Waals surface area contributed by atoms with E-state index in [4.69, 9.17) is 9.84 Å². The van der Waals surface area contributed by atoms with Crippen molar-refractivity contribution < 1.29 is 34.1 Å². The zero-order valence-corrected chi connectivity index (χ0v) is 26.3. The molecule has 8 atom stereocenters. The van der Waals surface area contributed by atoms with Gasteiger partial charge in [0.25, 0.3) is 0 Å². The summed E-state index contributed by atoms with van der Waals surface area (Å²) in [7, 11) is 0. The molecule has 0 aromatic carbocycles. The largest absolute Gasteiger partial charge is 0.481 e. The normalized spacial score (nSPS) is 42.5. The SMILES string of the molecule is CC1CCC(OC(=O)CCC(=O)O)C(C)(C)CCCC2(C)C1C(=O)C=C1C3CC(C)(C(=O)O)CCC3(C)CCC12C. The molecule has 0 aliphatic heterocycles. The van der Waals surface area contributed by atoms with Crippen molar-refractivity contribution in [2.75, 3.05) is 0 Å². The molecular weight excluding hydrogens is 520 g/mol. The van der Waals surface area contributed by atoms with Crippen molar-refractivity contribution in [3.63, 3.8) is 0 Å². The molecule has 2 N–H and O–H groups in total. The number of hydrogen-bond donors (Lipinski definition) is 2. The fourth-order valence-corrected chi connectivity index (χ4v) is 9.38. The van der Waals surface area contributed by atoms with Crippen LogP contribution in [0.1, 0.15) is 126 Å². The van der Waals surface area contributed by atoms with Crippen molar-refractivity contribution in [2.24, 2.45) is 44.8 Å². The number of esters is 1. The molecule has 7 nitrogen and oxygen atoms in total. The molecule has 230 valence electrons. The summed E-state index contributed by atoms with van der Waals surface area (Å²) in [5.41, 5.74) is -0.270. The second kappa shape index (κ2) is 10.8. The standard InChI is InChI=1S/C34H52O7/c1-21-9-10-25(41-27(38)12-11-26(36)37)30(2,3)13-8-14-34(7)28(21)24(35)19-22-23-20-32(5,29(39)40)16-15-31(23,4)17-18-33(22,34)6/h19,21,23,25,28H,8-18,20H2,1-7H3,(H,36,37)(H,39,40). The number of ketones is 1. The van der Waals surface area contributed by atoms with Gasteiger partial charge in [-0.15, -0.1) is 0 Å². The first-order valence-electron chi connectivity index (χ1n) is 15.8. The number of fused-ring (bicyclic) bond motifs is 5. The molecule has 0 radical (unpaired) electrons. The summed E-state index contributed by atoms with van der Waals surface area (Å²) in [6, 6.07) is 0. The van der Waals surface area contributed by atoms with Gasteiger partial charge in [0.05, 0.1) is 18.3 Å². The number of carboxylic acid groups (broad SMARTS) is 2. The van der Waals surface area contributed by atoms with Gasteiger partial charge in [-0.05, 0) is 98.9 Å². The molecule has 0 aromatic heterocycles. The maximum absolute atomic E-state index is 14.2. The third kappa shape index (κ3) is 5.51. The minimum absolute atomic E-state index is 0.0190. The van der Waals surface area contributed by atoms with Crippen molar-refractivity contribution in [1.29, 1.82) is 0 Å². The molecule has 0 saturated heterocycles. The summed E-state index contributed by atoms with van der Waals surface area (Å²) in [4.78, 5) is 50.0. The van der Waals surface area contributed by atoms with E-state index in [0.29, 0.717) is 19.3 Å². The number of hydrogen-bond acceptors (Lipinski definition) is 5. The number of carbonyl (C=O) groups excluding carboxylic acids is 2. The summed E-state index contributed by atoms with van der Waals surface area (Å²) in [5.74, 6) is -2.02. The topological polar surface area (TPSA) is 118 Å². The van der Waals surface area contributed by atoms with Gasteiger partial charge in [0.15, 0.2) is 5.78 Å². The Morgan fingerprint density at radius 1 is 0.902 bits per heavy atom. The van der Waals surface area contributed by atoms with Crippen LogP contribution in [0.15, 0.2) is 11.6 Å². The summed E-state index contributed by atoms with van der Waals surface area (Å²) < 4.78 is 5.89. The molecule has 0 heterocycles. The van der Waals surface area contributed by atoms with Gasteiger partial charge in [0.2, 0.25) is 0 Å². The number of rotatable bonds is 5. The molecular formula is C34H52O7. The van der Waals surface area contributed by atoms with Crippen LogP contribution in [0.25, 0.3) is 0 Å². The Labute approximate surface area is 245 Å². The highest BCUT2D eigenvalue weighted by Gasteiger charge is 2.63. The zero-order valence-electron chi connectivity index (χ0n) is 26.3. The molecule has 0 bridgehead atoms. The zero-order chi connectivity index (χ0) is 30.6. The van der Waals surface area contributed by atoms with Crippen LogP contribution >= 0.6 is 0 Å². The number of carbonyl (C=O) groups is 4. The second-order valence-electron chi connectivity index (χ2n) is 15.8. The Balaban J connectivity index is 1.66. The lowest BCUT2D eigenvalue weighted by Gasteiger charge is -2.64. The average Bonchev–Trinajstić information content (AvgIpc) is 2.87. The van der Waals surface area contributed by atoms with Gasteiger partial charge in [-0.1, -0.05) is 53.5 Å². The maximum atomic E-state index is 14.2. The first kappa shape index (κ1) is 31.7. The fraction of sp³-hybridized carbons (Fsp3) is 0.824. The van der Waals surface area contributed by atoms with Gasteiger partial charge in [0, 0.05) is 11.3 Å². The van der Waals surface area contributed by atoms with Crippen LogP contribution in [0.4, 0.5) is 0 Å². The van der Waals surface area contributed by atoms with E-state index in [1.54, 1.807) is 0 Å². The predicted octanol–water partition coefficient (Wildman–Crippen LogP) is 7.22. The van der Waals surface area contributed by atoms with Gasteiger partial charge >= 0.3 is 17.9 Å². The molecule has 8 unspecified atom stereocenters. The van der Waals surface area contributed by atoms with Gasteiger partial charge in [-0.3, -0.25) is 19.2 Å². The molecule has 0 spiro atoms. The van der Waals surface area contributed by atoms with Crippen molar-refractivity contribution in [3.8, 4) is 0 Å². The summed E-state index contributed by atoms with van der Waals surface area (Å²) >= 11 is 0. The van der Waals surface area contributed by atoms with Crippen LogP contribution in [0.3, 0.4) is 0 Å². The molecule has 4 aliphatic carbocycles. The second-order valence-corrected chi connectivity index (χ2v) is 15.8. The Bertz CT molecular complexity index is 1120. The summed E-state index contributed by atoms with van der Waals surface area (Å²) in [6.45, 7) is 15.3. The van der Waals surface area contributed by atoms with E-state index in [1.165, 1.54) is 5.57 Å². The quantitative estimate of drug-likeness (QED) is 0.334. The Hall–Kier alpha value is -2.18. The highest BCUT2D eigenvalue weighted by Crippen LogP contribution is 2.70. The molecule has 4 aliphatic rings. The van der Waals surface area contributed by atoms with E-state index in [2.05, 4.69) is 41.5 Å². The lowest BCUT2D eigenvalue weighted by atomic mass is 9.39. The highest BCUT2D eigenvalue weighted by molar-refractivity contribution is 5.95. The minimum atomic E-state index is -1.01. The van der Waals surface area contributed by atoms with Crippen LogP contribution in [0, 0.1) is 44.8 Å². The summed E-state index contributed by atoms with van der Waals surface area (Å²) in [6.07, 6.45) is 9.42. The van der Waals surface area contributed by atoms with E-state index in [9.17, 15) is 24.3 Å². The first-order valence-corrected chi connectivity index (χ1v) is 15.8. The minimum Gasteiger partial charge on any atom is -0.481 e. The lowest BCUT2D eigenvalue weighted by molar-refractivity contribution is -0.161. The smallest absolute Gasteiger partial charge is 0.309 e. The number of aliphatic carboxylic acids is 2. The highest BCUT2D eigenvalue weighted by atomic mass is 16.5. The van der Waals surface area contributed by atoms with E-state index in [1.807, 2.05) is 13.0 Å². The molecule has 0 aromatic rings. The Morgan fingerprint density at radius 2 is 1.56 bits per heavy atom. The van der Waals surface area contributed by atoms with Crippen LogP contribution in [0.5, 0.6) is 0 Å². The average molecular weight is 573 g/mol. The van der Waals surface area contributed by atoms with Crippen molar-refractivity contribution in [2.45, 2.75) is 132 Å². The number of allylic oxidation sites excluding steroid dienone is 2. The van der Waals surface area contributed by atoms with Crippen LogP contribution in [-0.2, 0) is 23.9 Å². The Kier molecular flexibility index (Phi) is 8.38. The van der Waals surface area contributed by atoms with E-state index >= 15 is 0 Å². The van der Waals surface area contributed by atoms with Crippen molar-refractivity contribution >= 4 is 23.7 Å². The van der Waals surface area contributed by atoms with E-state index in [0.717, 1.165) is 44.9 Å². The van der Waals surface area contributed by atoms with Gasteiger partial charge in [0.1, 0.15) is 6.10 Å². The number of carboxylic acids is 2. The fourth-order valence-electron chi connectivity index (χ4n) is 9.38. The monoisotopic (exact) mass is 572 g/mol. The van der Waals surface area contributed by atoms with Crippen LogP contribution < -0.4 is 0 Å². The third-order valence-electron chi connectivity index (χ3n) is 12.7. The Morgan fingerprint density at radius 3 is 2.20 bits per heavy atom. The molecule has 4 rings (SSSR count). The van der Waals surface area contributed by atoms with Crippen LogP contribution in [0.2, 0.25) is 0 Å². The van der Waals surface area contributed by atoms with E-state index < -0.39 is 23.3 Å². The molecule has 0 amide bonds. The van der Waals surface area contributed by atoms with E-state index in [-0.39, 0.29) is 64.1 Å². The molecule has 3 saturated carbocycles. The van der Waals surface area contributed by atoms with Crippen LogP contribution in [-0.4, -0.2) is 40.0 Å². The van der Waals surface area contributed by atoms with Gasteiger partial charge in [-0.2, -0.15) is 0 Å². The summed E-state index contributed by atoms with van der Waals surface area (Å²) in [5, 5.41) is 19.1. The van der Waals surface area contributed by atoms with Crippen molar-refractivity contribution in [3.05, 3.63) is 11.6 Å². The maximum Gasteiger partial charge on any atom is 0.309 e. The molecule has 3 fully saturated rings. The number of ether oxygens (including phenoxy) is 1. The molecule has 41 heavy (non-hydrogen) atoms. The van der Waals surface area contributed by atoms with Crippen molar-refractivity contribution in [1.82, 2.24) is 0 Å². The first-order chi connectivity index (χ1) is 18.9. The van der Waals surface area contributed by atoms with Gasteiger partial charge < -0.3 is 14.9 Å². The molecule has 7 heteroatoms. The lowest BCUT2D eigenvalue weighted by Crippen LogP contribution is -2.59. The predicted molar refractivity (Wildman–Crippen MR) is 156 cm³/mol.